The molecule has 0 spiro atoms. The van der Waals surface area contributed by atoms with Crippen LogP contribution in [0.4, 0.5) is 0 Å². The van der Waals surface area contributed by atoms with Crippen molar-refractivity contribution < 1.29 is 19.8 Å². The number of thiocarbonyl (C=S) groups is 1. The van der Waals surface area contributed by atoms with E-state index in [0.717, 1.165) is 16.7 Å². The molecule has 1 aromatic rings. The molecule has 0 saturated carbocycles. The number of carbonyl (C=O) groups is 2. The monoisotopic (exact) mass is 336 g/mol. The van der Waals surface area contributed by atoms with Crippen LogP contribution < -0.4 is 5.11 Å². The number of hydrogen-bond acceptors (Lipinski definition) is 6. The minimum Gasteiger partial charge on any atom is -0.548 e. The van der Waals surface area contributed by atoms with E-state index in [-0.39, 0.29) is 16.0 Å². The van der Waals surface area contributed by atoms with Gasteiger partial charge in [0.05, 0.1) is 16.9 Å². The SMILES string of the molecule is CC(C)[C@@H](C(=O)[O-])N1C(=O)/C(=C/c2cccc(O)c2)SC1=S. The molecule has 1 aliphatic heterocycles. The van der Waals surface area contributed by atoms with Gasteiger partial charge in [-0.05, 0) is 29.7 Å². The van der Waals surface area contributed by atoms with Crippen molar-refractivity contribution in [2.75, 3.05) is 0 Å². The summed E-state index contributed by atoms with van der Waals surface area (Å²) in [7, 11) is 0. The van der Waals surface area contributed by atoms with Gasteiger partial charge in [-0.3, -0.25) is 9.69 Å². The zero-order chi connectivity index (χ0) is 16.4. The van der Waals surface area contributed by atoms with Crippen molar-refractivity contribution >= 4 is 46.3 Å². The van der Waals surface area contributed by atoms with Crippen molar-refractivity contribution in [1.29, 1.82) is 0 Å². The molecule has 1 atom stereocenters. The number of carboxylic acid groups (broad SMARTS) is 1. The number of carbonyl (C=O) groups excluding carboxylic acids is 2. The molecule has 0 bridgehead atoms. The highest BCUT2D eigenvalue weighted by Gasteiger charge is 2.38. The summed E-state index contributed by atoms with van der Waals surface area (Å²) in [5, 5.41) is 20.7. The van der Waals surface area contributed by atoms with Crippen molar-refractivity contribution in [3.05, 3.63) is 34.7 Å². The van der Waals surface area contributed by atoms with Crippen LogP contribution in [0.3, 0.4) is 0 Å². The van der Waals surface area contributed by atoms with Crippen molar-refractivity contribution in [2.24, 2.45) is 5.92 Å². The molecule has 5 nitrogen and oxygen atoms in total. The molecule has 1 fully saturated rings. The van der Waals surface area contributed by atoms with Crippen LogP contribution >= 0.6 is 24.0 Å². The first-order chi connectivity index (χ1) is 10.3. The van der Waals surface area contributed by atoms with E-state index in [9.17, 15) is 19.8 Å². The topological polar surface area (TPSA) is 80.7 Å². The zero-order valence-electron chi connectivity index (χ0n) is 12.0. The Morgan fingerprint density at radius 2 is 2.14 bits per heavy atom. The van der Waals surface area contributed by atoms with Crippen LogP contribution in [0.2, 0.25) is 0 Å². The Bertz CT molecular complexity index is 669. The summed E-state index contributed by atoms with van der Waals surface area (Å²) in [6.07, 6.45) is 1.58. The first-order valence-electron chi connectivity index (χ1n) is 6.58. The van der Waals surface area contributed by atoms with Crippen molar-refractivity contribution in [1.82, 2.24) is 4.90 Å². The van der Waals surface area contributed by atoms with Gasteiger partial charge in [-0.2, -0.15) is 0 Å². The minimum absolute atomic E-state index is 0.0824. The molecule has 0 radical (unpaired) electrons. The number of thioether (sulfide) groups is 1. The van der Waals surface area contributed by atoms with Gasteiger partial charge in [0.1, 0.15) is 10.1 Å². The van der Waals surface area contributed by atoms with Gasteiger partial charge in [0.15, 0.2) is 0 Å². The van der Waals surface area contributed by atoms with E-state index in [2.05, 4.69) is 0 Å². The number of aliphatic carboxylic acids is 1. The summed E-state index contributed by atoms with van der Waals surface area (Å²) in [4.78, 5) is 25.2. The average molecular weight is 336 g/mol. The summed E-state index contributed by atoms with van der Waals surface area (Å²) in [6, 6.07) is 5.31. The number of hydrogen-bond donors (Lipinski definition) is 1. The van der Waals surface area contributed by atoms with Crippen LogP contribution in [0.5, 0.6) is 5.75 Å². The highest BCUT2D eigenvalue weighted by atomic mass is 32.2. The van der Waals surface area contributed by atoms with E-state index in [4.69, 9.17) is 12.2 Å². The molecule has 1 aromatic carbocycles. The largest absolute Gasteiger partial charge is 0.548 e. The first kappa shape index (κ1) is 16.5. The van der Waals surface area contributed by atoms with Gasteiger partial charge < -0.3 is 15.0 Å². The average Bonchev–Trinajstić information content (AvgIpc) is 2.66. The van der Waals surface area contributed by atoms with Crippen molar-refractivity contribution in [2.45, 2.75) is 19.9 Å². The summed E-state index contributed by atoms with van der Waals surface area (Å²) in [5.74, 6) is -2.03. The van der Waals surface area contributed by atoms with E-state index in [1.54, 1.807) is 32.1 Å². The normalized spacial score (nSPS) is 18.3. The Kier molecular flexibility index (Phi) is 4.87. The Morgan fingerprint density at radius 1 is 1.45 bits per heavy atom. The lowest BCUT2D eigenvalue weighted by molar-refractivity contribution is -0.311. The van der Waals surface area contributed by atoms with E-state index >= 15 is 0 Å². The second-order valence-electron chi connectivity index (χ2n) is 5.15. The van der Waals surface area contributed by atoms with E-state index in [1.807, 2.05) is 0 Å². The molecule has 116 valence electrons. The summed E-state index contributed by atoms with van der Waals surface area (Å²) >= 11 is 6.18. The number of phenolic OH excluding ortho intramolecular Hbond substituents is 1. The van der Waals surface area contributed by atoms with Gasteiger partial charge >= 0.3 is 0 Å². The first-order valence-corrected chi connectivity index (χ1v) is 7.80. The predicted octanol–water partition coefficient (Wildman–Crippen LogP) is 1.37. The second kappa shape index (κ2) is 6.50. The number of carboxylic acids is 1. The van der Waals surface area contributed by atoms with Crippen LogP contribution in [-0.2, 0) is 9.59 Å². The fourth-order valence-corrected chi connectivity index (χ4v) is 3.49. The van der Waals surface area contributed by atoms with Crippen molar-refractivity contribution in [3.8, 4) is 5.75 Å². The van der Waals surface area contributed by atoms with Gasteiger partial charge in [0, 0.05) is 0 Å². The van der Waals surface area contributed by atoms with Gasteiger partial charge in [-0.15, -0.1) is 0 Å². The summed E-state index contributed by atoms with van der Waals surface area (Å²) in [6.45, 7) is 3.38. The molecule has 0 aromatic heterocycles. The molecular weight excluding hydrogens is 322 g/mol. The molecule has 2 rings (SSSR count). The number of benzene rings is 1. The van der Waals surface area contributed by atoms with Gasteiger partial charge in [-0.25, -0.2) is 0 Å². The highest BCUT2D eigenvalue weighted by molar-refractivity contribution is 8.26. The molecule has 0 aliphatic carbocycles. The molecule has 1 aliphatic rings. The minimum atomic E-state index is -1.33. The van der Waals surface area contributed by atoms with Crippen LogP contribution in [0.1, 0.15) is 19.4 Å². The second-order valence-corrected chi connectivity index (χ2v) is 6.83. The van der Waals surface area contributed by atoms with E-state index < -0.39 is 17.9 Å². The molecule has 1 heterocycles. The summed E-state index contributed by atoms with van der Waals surface area (Å²) < 4.78 is 0.194. The quantitative estimate of drug-likeness (QED) is 0.661. The van der Waals surface area contributed by atoms with Crippen LogP contribution in [0, 0.1) is 5.92 Å². The third-order valence-electron chi connectivity index (χ3n) is 3.14. The van der Waals surface area contributed by atoms with E-state index in [1.165, 1.54) is 12.1 Å². The molecule has 7 heteroatoms. The standard InChI is InChI=1S/C15H15NO4S2/c1-8(2)12(14(19)20)16-13(18)11(22-15(16)21)7-9-4-3-5-10(17)6-9/h3-8,12,17H,1-2H3,(H,19,20)/p-1/b11-7-/t12-/m0/s1. The Balaban J connectivity index is 2.34. The fourth-order valence-electron chi connectivity index (χ4n) is 2.16. The number of aromatic hydroxyl groups is 1. The fraction of sp³-hybridized carbons (Fsp3) is 0.267. The van der Waals surface area contributed by atoms with Crippen LogP contribution in [-0.4, -0.2) is 32.2 Å². The lowest BCUT2D eigenvalue weighted by atomic mass is 10.0. The maximum absolute atomic E-state index is 12.5. The van der Waals surface area contributed by atoms with Gasteiger partial charge in [-0.1, -0.05) is 50.0 Å². The molecule has 22 heavy (non-hydrogen) atoms. The third kappa shape index (κ3) is 3.31. The third-order valence-corrected chi connectivity index (χ3v) is 4.47. The van der Waals surface area contributed by atoms with Crippen molar-refractivity contribution in [3.63, 3.8) is 0 Å². The maximum Gasteiger partial charge on any atom is 0.266 e. The zero-order valence-corrected chi connectivity index (χ0v) is 13.6. The molecule has 1 amide bonds. The predicted molar refractivity (Wildman–Crippen MR) is 86.8 cm³/mol. The van der Waals surface area contributed by atoms with Gasteiger partial charge in [0.2, 0.25) is 0 Å². The number of amides is 1. The Hall–Kier alpha value is -1.86. The smallest absolute Gasteiger partial charge is 0.266 e. The maximum atomic E-state index is 12.5. The van der Waals surface area contributed by atoms with Crippen LogP contribution in [0.15, 0.2) is 29.2 Å². The Labute approximate surface area is 137 Å². The van der Waals surface area contributed by atoms with Crippen LogP contribution in [0.25, 0.3) is 6.08 Å². The lowest BCUT2D eigenvalue weighted by Gasteiger charge is -2.30. The molecule has 1 saturated heterocycles. The highest BCUT2D eigenvalue weighted by Crippen LogP contribution is 2.35. The lowest BCUT2D eigenvalue weighted by Crippen LogP contribution is -2.52. The van der Waals surface area contributed by atoms with Gasteiger partial charge in [0.25, 0.3) is 5.91 Å². The summed E-state index contributed by atoms with van der Waals surface area (Å²) in [5.41, 5.74) is 0.634. The molecule has 1 N–H and O–H groups in total. The molecule has 0 unspecified atom stereocenters. The Morgan fingerprint density at radius 3 is 2.68 bits per heavy atom. The molecular formula is C15H14NO4S2-. The number of nitrogens with zero attached hydrogens (tertiary/aromatic N) is 1. The van der Waals surface area contributed by atoms with E-state index in [0.29, 0.717) is 10.5 Å². The number of rotatable bonds is 4. The number of phenols is 1.